The number of aliphatic hydroxyl groups is 1. The Labute approximate surface area is 64.8 Å². The average Bonchev–Trinajstić information content (AvgIpc) is 1.93. The molecule has 0 aromatic heterocycles. The Morgan fingerprint density at radius 2 is 2.36 bits per heavy atom. The number of ether oxygens (including phenoxy) is 1. The first kappa shape index (κ1) is 8.49. The molecule has 0 unspecified atom stereocenters. The maximum absolute atomic E-state index is 10.3. The second kappa shape index (κ2) is 3.69. The molecule has 1 aliphatic rings. The predicted octanol–water partition coefficient (Wildman–Crippen LogP) is -0.142. The van der Waals surface area contributed by atoms with E-state index in [9.17, 15) is 9.90 Å². The zero-order chi connectivity index (χ0) is 8.27. The fraction of sp³-hybridized carbons (Fsp3) is 0.857. The van der Waals surface area contributed by atoms with Crippen molar-refractivity contribution in [3.8, 4) is 0 Å². The van der Waals surface area contributed by atoms with E-state index in [0.29, 0.717) is 13.0 Å². The van der Waals surface area contributed by atoms with Crippen LogP contribution in [0.15, 0.2) is 0 Å². The summed E-state index contributed by atoms with van der Waals surface area (Å²) in [7, 11) is 0. The van der Waals surface area contributed by atoms with Gasteiger partial charge in [0.25, 0.3) is 0 Å². The molecule has 0 radical (unpaired) electrons. The second-order valence-corrected chi connectivity index (χ2v) is 2.79. The van der Waals surface area contributed by atoms with Gasteiger partial charge in [0.15, 0.2) is 0 Å². The molecule has 1 fully saturated rings. The lowest BCUT2D eigenvalue weighted by Crippen LogP contribution is -2.33. The molecule has 0 saturated carbocycles. The minimum atomic E-state index is -0.851. The third-order valence-corrected chi connectivity index (χ3v) is 1.90. The normalized spacial score (nSPS) is 31.7. The van der Waals surface area contributed by atoms with Crippen molar-refractivity contribution < 1.29 is 19.7 Å². The van der Waals surface area contributed by atoms with Gasteiger partial charge in [-0.25, -0.2) is 0 Å². The monoisotopic (exact) mass is 160 g/mol. The molecule has 1 heterocycles. The van der Waals surface area contributed by atoms with Crippen LogP contribution in [0.4, 0.5) is 0 Å². The zero-order valence-electron chi connectivity index (χ0n) is 6.19. The smallest absolute Gasteiger partial charge is 0.303 e. The summed E-state index contributed by atoms with van der Waals surface area (Å²) in [6, 6.07) is 0. The Morgan fingerprint density at radius 3 is 2.91 bits per heavy atom. The summed E-state index contributed by atoms with van der Waals surface area (Å²) in [5, 5.41) is 17.7. The van der Waals surface area contributed by atoms with Crippen LogP contribution in [0.1, 0.15) is 12.8 Å². The second-order valence-electron chi connectivity index (χ2n) is 2.79. The number of hydrogen-bond donors (Lipinski definition) is 2. The number of carboxylic acids is 1. The minimum Gasteiger partial charge on any atom is -0.481 e. The van der Waals surface area contributed by atoms with Crippen LogP contribution in [0.2, 0.25) is 0 Å². The first-order valence-corrected chi connectivity index (χ1v) is 3.67. The average molecular weight is 160 g/mol. The zero-order valence-corrected chi connectivity index (χ0v) is 6.19. The number of hydrogen-bond acceptors (Lipinski definition) is 3. The van der Waals surface area contributed by atoms with Crippen LogP contribution in [0.3, 0.4) is 0 Å². The third kappa shape index (κ3) is 2.48. The summed E-state index contributed by atoms with van der Waals surface area (Å²) in [6.07, 6.45) is 0.0951. The van der Waals surface area contributed by atoms with Gasteiger partial charge in [-0.3, -0.25) is 4.79 Å². The summed E-state index contributed by atoms with van der Waals surface area (Å²) < 4.78 is 4.95. The molecule has 2 N–H and O–H groups in total. The Balaban J connectivity index is 2.35. The highest BCUT2D eigenvalue weighted by atomic mass is 16.5. The molecule has 64 valence electrons. The SMILES string of the molecule is O=C(O)C[C@@H]1CCOC[C@H]1O. The van der Waals surface area contributed by atoms with Gasteiger partial charge < -0.3 is 14.9 Å². The van der Waals surface area contributed by atoms with Gasteiger partial charge in [0.05, 0.1) is 19.1 Å². The molecule has 11 heavy (non-hydrogen) atoms. The first-order valence-electron chi connectivity index (χ1n) is 3.67. The summed E-state index contributed by atoms with van der Waals surface area (Å²) in [6.45, 7) is 0.840. The first-order chi connectivity index (χ1) is 5.20. The molecule has 1 saturated heterocycles. The van der Waals surface area contributed by atoms with E-state index in [-0.39, 0.29) is 18.9 Å². The number of rotatable bonds is 2. The molecule has 2 atom stereocenters. The number of aliphatic carboxylic acids is 1. The van der Waals surface area contributed by atoms with Gasteiger partial charge in [0.1, 0.15) is 0 Å². The van der Waals surface area contributed by atoms with Gasteiger partial charge in [-0.1, -0.05) is 0 Å². The van der Waals surface area contributed by atoms with Crippen LogP contribution >= 0.6 is 0 Å². The van der Waals surface area contributed by atoms with Crippen LogP contribution in [0.5, 0.6) is 0 Å². The van der Waals surface area contributed by atoms with Crippen molar-refractivity contribution in [3.63, 3.8) is 0 Å². The van der Waals surface area contributed by atoms with Crippen molar-refractivity contribution >= 4 is 5.97 Å². The van der Waals surface area contributed by atoms with Gasteiger partial charge in [-0.05, 0) is 12.3 Å². The quantitative estimate of drug-likeness (QED) is 0.590. The Kier molecular flexibility index (Phi) is 2.84. The van der Waals surface area contributed by atoms with E-state index in [1.807, 2.05) is 0 Å². The Bertz CT molecular complexity index is 145. The van der Waals surface area contributed by atoms with Crippen molar-refractivity contribution in [2.45, 2.75) is 18.9 Å². The highest BCUT2D eigenvalue weighted by Crippen LogP contribution is 2.18. The Morgan fingerprint density at radius 1 is 1.64 bits per heavy atom. The highest BCUT2D eigenvalue weighted by Gasteiger charge is 2.25. The van der Waals surface area contributed by atoms with E-state index < -0.39 is 12.1 Å². The molecule has 0 amide bonds. The lowest BCUT2D eigenvalue weighted by atomic mass is 9.94. The third-order valence-electron chi connectivity index (χ3n) is 1.90. The maximum atomic E-state index is 10.3. The molecule has 0 aromatic rings. The van der Waals surface area contributed by atoms with Crippen LogP contribution in [0, 0.1) is 5.92 Å². The van der Waals surface area contributed by atoms with Gasteiger partial charge in [0, 0.05) is 6.61 Å². The summed E-state index contributed by atoms with van der Waals surface area (Å²) in [5.41, 5.74) is 0. The van der Waals surface area contributed by atoms with Crippen molar-refractivity contribution in [2.75, 3.05) is 13.2 Å². The Hall–Kier alpha value is -0.610. The van der Waals surface area contributed by atoms with Crippen LogP contribution in [0.25, 0.3) is 0 Å². The van der Waals surface area contributed by atoms with Crippen molar-refractivity contribution in [1.82, 2.24) is 0 Å². The van der Waals surface area contributed by atoms with E-state index in [1.54, 1.807) is 0 Å². The topological polar surface area (TPSA) is 66.8 Å². The fourth-order valence-corrected chi connectivity index (χ4v) is 1.23. The molecule has 4 heteroatoms. The molecular weight excluding hydrogens is 148 g/mol. The van der Waals surface area contributed by atoms with E-state index in [2.05, 4.69) is 0 Å². The van der Waals surface area contributed by atoms with Gasteiger partial charge in [-0.15, -0.1) is 0 Å². The number of aliphatic hydroxyl groups excluding tert-OH is 1. The molecule has 1 rings (SSSR count). The molecule has 0 aromatic carbocycles. The molecule has 4 nitrogen and oxygen atoms in total. The molecule has 0 aliphatic carbocycles. The van der Waals surface area contributed by atoms with E-state index in [1.165, 1.54) is 0 Å². The van der Waals surface area contributed by atoms with Gasteiger partial charge in [0.2, 0.25) is 0 Å². The molecule has 1 aliphatic heterocycles. The molecule has 0 spiro atoms. The highest BCUT2D eigenvalue weighted by molar-refractivity contribution is 5.67. The van der Waals surface area contributed by atoms with E-state index in [4.69, 9.17) is 9.84 Å². The van der Waals surface area contributed by atoms with E-state index in [0.717, 1.165) is 0 Å². The van der Waals surface area contributed by atoms with Crippen LogP contribution < -0.4 is 0 Å². The molecule has 0 bridgehead atoms. The number of carbonyl (C=O) groups is 1. The van der Waals surface area contributed by atoms with Crippen LogP contribution in [-0.4, -0.2) is 35.5 Å². The fourth-order valence-electron chi connectivity index (χ4n) is 1.23. The van der Waals surface area contributed by atoms with Crippen molar-refractivity contribution in [3.05, 3.63) is 0 Å². The van der Waals surface area contributed by atoms with E-state index >= 15 is 0 Å². The maximum Gasteiger partial charge on any atom is 0.303 e. The van der Waals surface area contributed by atoms with Gasteiger partial charge in [-0.2, -0.15) is 0 Å². The lowest BCUT2D eigenvalue weighted by molar-refractivity contribution is -0.141. The largest absolute Gasteiger partial charge is 0.481 e. The van der Waals surface area contributed by atoms with Crippen molar-refractivity contribution in [2.24, 2.45) is 5.92 Å². The lowest BCUT2D eigenvalue weighted by Gasteiger charge is -2.26. The van der Waals surface area contributed by atoms with Crippen LogP contribution in [-0.2, 0) is 9.53 Å². The summed E-state index contributed by atoms with van der Waals surface area (Å²) in [4.78, 5) is 10.3. The van der Waals surface area contributed by atoms with Gasteiger partial charge >= 0.3 is 5.97 Å². The predicted molar refractivity (Wildman–Crippen MR) is 37.2 cm³/mol. The molecular formula is C7H12O4. The number of carboxylic acid groups (broad SMARTS) is 1. The minimum absolute atomic E-state index is 0.0462. The van der Waals surface area contributed by atoms with Crippen molar-refractivity contribution in [1.29, 1.82) is 0 Å². The standard InChI is InChI=1S/C7H12O4/c8-6-4-11-2-1-5(6)3-7(9)10/h5-6,8H,1-4H2,(H,9,10)/t5-,6+/m0/s1. The summed E-state index contributed by atoms with van der Waals surface area (Å²) in [5.74, 6) is -0.975. The summed E-state index contributed by atoms with van der Waals surface area (Å²) >= 11 is 0.